The molecule has 0 aliphatic carbocycles. The lowest BCUT2D eigenvalue weighted by Crippen LogP contribution is -2.29. The number of allylic oxidation sites excluding steroid dienone is 12. The van der Waals surface area contributed by atoms with E-state index in [4.69, 9.17) is 19.3 Å². The van der Waals surface area contributed by atoms with Crippen molar-refractivity contribution in [2.75, 3.05) is 13.2 Å². The summed E-state index contributed by atoms with van der Waals surface area (Å²) in [4.78, 5) is 42.9. The van der Waals surface area contributed by atoms with E-state index in [-0.39, 0.29) is 19.4 Å². The summed E-state index contributed by atoms with van der Waals surface area (Å²) in [6.07, 6.45) is 57.9. The summed E-state index contributed by atoms with van der Waals surface area (Å²) in [6, 6.07) is 0. The molecule has 0 saturated heterocycles. The number of ether oxygens (including phenoxy) is 2. The average molecular weight is 833 g/mol. The largest absolute Gasteiger partial charge is 0.469 e. The number of esters is 2. The quantitative estimate of drug-likeness (QED) is 0.0270. The molecule has 0 heterocycles. The van der Waals surface area contributed by atoms with Gasteiger partial charge in [0.25, 0.3) is 0 Å². The minimum Gasteiger partial charge on any atom is -0.462 e. The van der Waals surface area contributed by atoms with Gasteiger partial charge in [0.1, 0.15) is 6.61 Å². The number of carbonyl (C=O) groups is 2. The van der Waals surface area contributed by atoms with Gasteiger partial charge in [-0.3, -0.25) is 14.1 Å². The van der Waals surface area contributed by atoms with Crippen LogP contribution in [0.2, 0.25) is 0 Å². The van der Waals surface area contributed by atoms with Crippen LogP contribution in [0.15, 0.2) is 72.9 Å². The first kappa shape index (κ1) is 55.5. The Balaban J connectivity index is 3.96. The molecule has 9 heteroatoms. The fourth-order valence-electron chi connectivity index (χ4n) is 6.34. The van der Waals surface area contributed by atoms with Crippen LogP contribution in [0.25, 0.3) is 0 Å². The third kappa shape index (κ3) is 46.2. The Morgan fingerprint density at radius 3 is 1.21 bits per heavy atom. The van der Waals surface area contributed by atoms with Crippen LogP contribution < -0.4 is 0 Å². The van der Waals surface area contributed by atoms with Gasteiger partial charge in [-0.15, -0.1) is 0 Å². The molecule has 0 amide bonds. The van der Waals surface area contributed by atoms with Gasteiger partial charge >= 0.3 is 19.8 Å². The zero-order valence-corrected chi connectivity index (χ0v) is 37.8. The molecule has 334 valence electrons. The van der Waals surface area contributed by atoms with Crippen LogP contribution in [-0.2, 0) is 28.2 Å². The van der Waals surface area contributed by atoms with Gasteiger partial charge in [0.15, 0.2) is 6.10 Å². The van der Waals surface area contributed by atoms with Crippen molar-refractivity contribution in [2.24, 2.45) is 0 Å². The van der Waals surface area contributed by atoms with Crippen LogP contribution in [0.1, 0.15) is 206 Å². The molecule has 1 atom stereocenters. The minimum atomic E-state index is -4.78. The lowest BCUT2D eigenvalue weighted by Gasteiger charge is -2.18. The van der Waals surface area contributed by atoms with Crippen LogP contribution in [0.4, 0.5) is 0 Å². The highest BCUT2D eigenvalue weighted by atomic mass is 31.2. The molecule has 0 rings (SSSR count). The second-order valence-corrected chi connectivity index (χ2v) is 16.6. The minimum absolute atomic E-state index is 0.0853. The van der Waals surface area contributed by atoms with Gasteiger partial charge in [0, 0.05) is 12.8 Å². The Kier molecular flexibility index (Phi) is 42.1. The Morgan fingerprint density at radius 1 is 0.466 bits per heavy atom. The highest BCUT2D eigenvalue weighted by Crippen LogP contribution is 2.36. The third-order valence-corrected chi connectivity index (χ3v) is 10.2. The molecule has 2 N–H and O–H groups in total. The maximum atomic E-state index is 12.4. The summed E-state index contributed by atoms with van der Waals surface area (Å²) in [7, 11) is -4.78. The summed E-state index contributed by atoms with van der Waals surface area (Å²) in [5, 5.41) is 0. The fraction of sp³-hybridized carbons (Fsp3) is 0.714. The van der Waals surface area contributed by atoms with E-state index in [0.29, 0.717) is 12.8 Å². The standard InChI is InChI=1S/C49H85O8P/c1-3-5-7-9-11-13-15-17-19-21-23-24-26-27-29-31-33-35-37-39-41-43-48(50)55-45-47(46-56-58(52,53)54)57-49(51)44-42-40-38-36-34-32-30-28-25-22-20-18-16-14-12-10-8-6-4-2/h6,8,12,14,18,20,25,28,32,34,38,40,47H,3-5,7,9-11,13,15-17,19,21-24,26-27,29-31,33,35-37,39,41-46H2,1-2H3,(H2,52,53,54)/b8-6-,14-12-,20-18-,28-25-,34-32-,40-38-/t47-/m1/s1. The highest BCUT2D eigenvalue weighted by molar-refractivity contribution is 7.46. The number of hydrogen-bond donors (Lipinski definition) is 2. The molecule has 0 aromatic carbocycles. The monoisotopic (exact) mass is 833 g/mol. The first-order valence-electron chi connectivity index (χ1n) is 23.2. The Bertz CT molecular complexity index is 1170. The molecule has 0 fully saturated rings. The van der Waals surface area contributed by atoms with Crippen molar-refractivity contribution < 1.29 is 37.9 Å². The van der Waals surface area contributed by atoms with Gasteiger partial charge in [-0.1, -0.05) is 215 Å². The molecule has 0 aromatic rings. The van der Waals surface area contributed by atoms with Crippen molar-refractivity contribution in [1.82, 2.24) is 0 Å². The zero-order chi connectivity index (χ0) is 42.5. The Hall–Kier alpha value is -2.51. The number of rotatable bonds is 42. The van der Waals surface area contributed by atoms with E-state index >= 15 is 0 Å². The molecule has 0 saturated carbocycles. The summed E-state index contributed by atoms with van der Waals surface area (Å²) < 4.78 is 26.4. The predicted octanol–water partition coefficient (Wildman–Crippen LogP) is 14.6. The number of hydrogen-bond acceptors (Lipinski definition) is 6. The molecule has 0 aliphatic rings. The number of carbonyl (C=O) groups excluding carboxylic acids is 2. The Morgan fingerprint density at radius 2 is 0.828 bits per heavy atom. The van der Waals surface area contributed by atoms with E-state index < -0.39 is 32.5 Å². The van der Waals surface area contributed by atoms with Gasteiger partial charge in [-0.2, -0.15) is 0 Å². The van der Waals surface area contributed by atoms with E-state index in [2.05, 4.69) is 79.1 Å². The fourth-order valence-corrected chi connectivity index (χ4v) is 6.70. The third-order valence-electron chi connectivity index (χ3n) is 9.75. The lowest BCUT2D eigenvalue weighted by molar-refractivity contribution is -0.161. The van der Waals surface area contributed by atoms with Crippen LogP contribution in [0, 0.1) is 0 Å². The van der Waals surface area contributed by atoms with Gasteiger partial charge in [0.2, 0.25) is 0 Å². The van der Waals surface area contributed by atoms with E-state index in [1.807, 2.05) is 12.2 Å². The van der Waals surface area contributed by atoms with Crippen LogP contribution in [0.5, 0.6) is 0 Å². The molecule has 0 bridgehead atoms. The number of phosphoric acid groups is 1. The molecule has 0 radical (unpaired) electrons. The molecule has 0 unspecified atom stereocenters. The second-order valence-electron chi connectivity index (χ2n) is 15.4. The maximum Gasteiger partial charge on any atom is 0.469 e. The van der Waals surface area contributed by atoms with E-state index in [1.54, 1.807) is 0 Å². The lowest BCUT2D eigenvalue weighted by atomic mass is 10.0. The van der Waals surface area contributed by atoms with E-state index in [9.17, 15) is 14.2 Å². The first-order valence-corrected chi connectivity index (χ1v) is 24.8. The van der Waals surface area contributed by atoms with Gasteiger partial charge in [-0.25, -0.2) is 4.57 Å². The van der Waals surface area contributed by atoms with Gasteiger partial charge in [-0.05, 0) is 51.4 Å². The topological polar surface area (TPSA) is 119 Å². The van der Waals surface area contributed by atoms with Gasteiger partial charge in [0.05, 0.1) is 6.61 Å². The van der Waals surface area contributed by atoms with E-state index in [1.165, 1.54) is 116 Å². The van der Waals surface area contributed by atoms with Crippen molar-refractivity contribution >= 4 is 19.8 Å². The maximum absolute atomic E-state index is 12.4. The number of phosphoric ester groups is 1. The average Bonchev–Trinajstić information content (AvgIpc) is 3.20. The van der Waals surface area contributed by atoms with Crippen molar-refractivity contribution in [3.05, 3.63) is 72.9 Å². The molecule has 0 aromatic heterocycles. The summed E-state index contributed by atoms with van der Waals surface area (Å²) >= 11 is 0. The first-order chi connectivity index (χ1) is 28.3. The molecule has 0 spiro atoms. The van der Waals surface area contributed by atoms with Crippen LogP contribution in [0.3, 0.4) is 0 Å². The molecule has 0 aliphatic heterocycles. The summed E-state index contributed by atoms with van der Waals surface area (Å²) in [6.45, 7) is 3.53. The molecule has 58 heavy (non-hydrogen) atoms. The smallest absolute Gasteiger partial charge is 0.462 e. The normalized spacial score (nSPS) is 13.1. The summed E-state index contributed by atoms with van der Waals surface area (Å²) in [5.74, 6) is -0.979. The second kappa shape index (κ2) is 44.1. The van der Waals surface area contributed by atoms with Crippen molar-refractivity contribution in [3.8, 4) is 0 Å². The van der Waals surface area contributed by atoms with Crippen molar-refractivity contribution in [2.45, 2.75) is 213 Å². The number of unbranched alkanes of at least 4 members (excludes halogenated alkanes) is 20. The molecule has 8 nitrogen and oxygen atoms in total. The molecular formula is C49H85O8P. The SMILES string of the molecule is CC/C=C\C/C=C\C/C=C\C/C=C\C/C=C\C/C=C\CCC(=O)O[C@H](COC(=O)CCCCCCCCCCCCCCCCCCCCCCC)COP(=O)(O)O. The zero-order valence-electron chi connectivity index (χ0n) is 36.9. The Labute approximate surface area is 355 Å². The van der Waals surface area contributed by atoms with Crippen molar-refractivity contribution in [1.29, 1.82) is 0 Å². The van der Waals surface area contributed by atoms with Crippen LogP contribution in [-0.4, -0.2) is 41.0 Å². The summed E-state index contributed by atoms with van der Waals surface area (Å²) in [5.41, 5.74) is 0. The van der Waals surface area contributed by atoms with Crippen LogP contribution >= 0.6 is 7.82 Å². The predicted molar refractivity (Wildman–Crippen MR) is 244 cm³/mol. The van der Waals surface area contributed by atoms with E-state index in [0.717, 1.165) is 51.4 Å². The highest BCUT2D eigenvalue weighted by Gasteiger charge is 2.22. The molecular weight excluding hydrogens is 748 g/mol. The van der Waals surface area contributed by atoms with Crippen molar-refractivity contribution in [3.63, 3.8) is 0 Å². The van der Waals surface area contributed by atoms with Gasteiger partial charge < -0.3 is 19.3 Å².